The van der Waals surface area contributed by atoms with Crippen molar-refractivity contribution in [3.05, 3.63) is 54.1 Å². The molecule has 23 heavy (non-hydrogen) atoms. The number of ether oxygens (including phenoxy) is 2. The van der Waals surface area contributed by atoms with E-state index in [1.807, 2.05) is 48.5 Å². The highest BCUT2D eigenvalue weighted by atomic mass is 16.5. The van der Waals surface area contributed by atoms with E-state index in [1.54, 1.807) is 14.2 Å². The van der Waals surface area contributed by atoms with Gasteiger partial charge in [-0.15, -0.1) is 0 Å². The molecule has 0 saturated carbocycles. The van der Waals surface area contributed by atoms with E-state index in [4.69, 9.17) is 9.47 Å². The van der Waals surface area contributed by atoms with Crippen LogP contribution in [0.4, 0.5) is 5.69 Å². The minimum Gasteiger partial charge on any atom is -0.497 e. The fraction of sp³-hybridized carbons (Fsp3) is 0.278. The molecule has 0 aliphatic carbocycles. The van der Waals surface area contributed by atoms with Crippen LogP contribution in [0.2, 0.25) is 0 Å². The van der Waals surface area contributed by atoms with Crippen molar-refractivity contribution >= 4 is 11.6 Å². The van der Waals surface area contributed by atoms with Gasteiger partial charge in [0.25, 0.3) is 0 Å². The Morgan fingerprint density at radius 2 is 1.87 bits per heavy atom. The number of amides is 1. The van der Waals surface area contributed by atoms with E-state index < -0.39 is 0 Å². The van der Waals surface area contributed by atoms with Gasteiger partial charge in [0.05, 0.1) is 26.5 Å². The lowest BCUT2D eigenvalue weighted by Gasteiger charge is -2.11. The molecule has 2 N–H and O–H groups in total. The first-order valence-electron chi connectivity index (χ1n) is 7.49. The maximum absolute atomic E-state index is 11.9. The fourth-order valence-electron chi connectivity index (χ4n) is 2.20. The Morgan fingerprint density at radius 3 is 2.65 bits per heavy atom. The third-order valence-corrected chi connectivity index (χ3v) is 3.42. The van der Waals surface area contributed by atoms with Crippen molar-refractivity contribution in [2.45, 2.75) is 6.42 Å². The molecule has 0 radical (unpaired) electrons. The maximum Gasteiger partial charge on any atom is 0.239 e. The summed E-state index contributed by atoms with van der Waals surface area (Å²) in [4.78, 5) is 11.9. The van der Waals surface area contributed by atoms with E-state index >= 15 is 0 Å². The number of hydrogen-bond acceptors (Lipinski definition) is 4. The molecule has 0 aliphatic rings. The third kappa shape index (κ3) is 5.21. The zero-order valence-corrected chi connectivity index (χ0v) is 13.5. The Bertz CT molecular complexity index is 644. The van der Waals surface area contributed by atoms with Crippen LogP contribution in [-0.4, -0.2) is 33.2 Å². The van der Waals surface area contributed by atoms with E-state index in [9.17, 15) is 4.79 Å². The standard InChI is InChI=1S/C18H22N2O3/c1-22-15-7-5-6-14(12-15)10-11-19-18(21)13-20-16-8-3-4-9-17(16)23-2/h3-9,12,20H,10-11,13H2,1-2H3,(H,19,21). The van der Waals surface area contributed by atoms with Crippen molar-refractivity contribution in [3.8, 4) is 11.5 Å². The first-order valence-corrected chi connectivity index (χ1v) is 7.49. The van der Waals surface area contributed by atoms with Crippen molar-refractivity contribution in [2.24, 2.45) is 0 Å². The number of nitrogens with one attached hydrogen (secondary N) is 2. The van der Waals surface area contributed by atoms with Gasteiger partial charge in [0.15, 0.2) is 0 Å². The van der Waals surface area contributed by atoms with Crippen LogP contribution in [0.3, 0.4) is 0 Å². The van der Waals surface area contributed by atoms with Crippen molar-refractivity contribution < 1.29 is 14.3 Å². The second-order valence-corrected chi connectivity index (χ2v) is 5.01. The number of methoxy groups -OCH3 is 2. The highest BCUT2D eigenvalue weighted by Gasteiger charge is 2.04. The van der Waals surface area contributed by atoms with Crippen LogP contribution in [0.15, 0.2) is 48.5 Å². The number of para-hydroxylation sites is 2. The minimum absolute atomic E-state index is 0.0567. The predicted molar refractivity (Wildman–Crippen MR) is 91.2 cm³/mol. The Kier molecular flexibility index (Phi) is 6.29. The van der Waals surface area contributed by atoms with Crippen LogP contribution in [0.1, 0.15) is 5.56 Å². The van der Waals surface area contributed by atoms with Gasteiger partial charge >= 0.3 is 0 Å². The molecule has 0 bridgehead atoms. The third-order valence-electron chi connectivity index (χ3n) is 3.42. The van der Waals surface area contributed by atoms with Crippen molar-refractivity contribution in [1.29, 1.82) is 0 Å². The van der Waals surface area contributed by atoms with Crippen LogP contribution in [-0.2, 0) is 11.2 Å². The van der Waals surface area contributed by atoms with Crippen molar-refractivity contribution in [1.82, 2.24) is 5.32 Å². The van der Waals surface area contributed by atoms with Crippen molar-refractivity contribution in [2.75, 3.05) is 32.6 Å². The molecule has 1 amide bonds. The zero-order valence-electron chi connectivity index (χ0n) is 13.5. The molecular weight excluding hydrogens is 292 g/mol. The number of rotatable bonds is 8. The van der Waals surface area contributed by atoms with Crippen molar-refractivity contribution in [3.63, 3.8) is 0 Å². The predicted octanol–water partition coefficient (Wildman–Crippen LogP) is 2.47. The maximum atomic E-state index is 11.9. The van der Waals surface area contributed by atoms with Gasteiger partial charge in [0, 0.05) is 6.54 Å². The second kappa shape index (κ2) is 8.68. The first kappa shape index (κ1) is 16.7. The molecular formula is C18H22N2O3. The number of anilines is 1. The number of carbonyl (C=O) groups is 1. The van der Waals surface area contributed by atoms with Gasteiger partial charge in [-0.1, -0.05) is 24.3 Å². The summed E-state index contributed by atoms with van der Waals surface area (Å²) in [5, 5.41) is 5.97. The summed E-state index contributed by atoms with van der Waals surface area (Å²) in [6.45, 7) is 0.790. The van der Waals surface area contributed by atoms with Crippen LogP contribution in [0, 0.1) is 0 Å². The molecule has 5 heteroatoms. The summed E-state index contributed by atoms with van der Waals surface area (Å²) in [6, 6.07) is 15.3. The molecule has 5 nitrogen and oxygen atoms in total. The van der Waals surface area contributed by atoms with Gasteiger partial charge in [-0.05, 0) is 36.2 Å². The Morgan fingerprint density at radius 1 is 1.04 bits per heavy atom. The van der Waals surface area contributed by atoms with Crippen LogP contribution < -0.4 is 20.1 Å². The normalized spacial score (nSPS) is 10.0. The smallest absolute Gasteiger partial charge is 0.239 e. The summed E-state index contributed by atoms with van der Waals surface area (Å²) in [6.07, 6.45) is 0.762. The average molecular weight is 314 g/mol. The highest BCUT2D eigenvalue weighted by molar-refractivity contribution is 5.81. The lowest BCUT2D eigenvalue weighted by Crippen LogP contribution is -2.31. The summed E-state index contributed by atoms with van der Waals surface area (Å²) in [7, 11) is 3.25. The Balaban J connectivity index is 1.74. The molecule has 0 aromatic heterocycles. The van der Waals surface area contributed by atoms with Crippen LogP contribution in [0.5, 0.6) is 11.5 Å². The first-order chi connectivity index (χ1) is 11.2. The number of carbonyl (C=O) groups excluding carboxylic acids is 1. The molecule has 0 atom stereocenters. The molecule has 2 aromatic rings. The second-order valence-electron chi connectivity index (χ2n) is 5.01. The number of benzene rings is 2. The molecule has 0 fully saturated rings. The summed E-state index contributed by atoms with van der Waals surface area (Å²) < 4.78 is 10.4. The van der Waals surface area contributed by atoms with E-state index in [0.717, 1.165) is 29.2 Å². The molecule has 0 unspecified atom stereocenters. The Hall–Kier alpha value is -2.69. The van der Waals surface area contributed by atoms with Crippen LogP contribution >= 0.6 is 0 Å². The zero-order chi connectivity index (χ0) is 16.5. The molecule has 0 spiro atoms. The van der Waals surface area contributed by atoms with Gasteiger partial charge in [-0.3, -0.25) is 4.79 Å². The summed E-state index contributed by atoms with van der Waals surface area (Å²) in [5.74, 6) is 1.49. The molecule has 0 aliphatic heterocycles. The average Bonchev–Trinajstić information content (AvgIpc) is 2.60. The topological polar surface area (TPSA) is 59.6 Å². The van der Waals surface area contributed by atoms with Gasteiger partial charge in [0.2, 0.25) is 5.91 Å². The van der Waals surface area contributed by atoms with E-state index in [2.05, 4.69) is 10.6 Å². The summed E-state index contributed by atoms with van der Waals surface area (Å²) >= 11 is 0. The monoisotopic (exact) mass is 314 g/mol. The van der Waals surface area contributed by atoms with Gasteiger partial charge < -0.3 is 20.1 Å². The minimum atomic E-state index is -0.0567. The molecule has 122 valence electrons. The van der Waals surface area contributed by atoms with Gasteiger partial charge in [-0.25, -0.2) is 0 Å². The SMILES string of the molecule is COc1cccc(CCNC(=O)CNc2ccccc2OC)c1. The highest BCUT2D eigenvalue weighted by Crippen LogP contribution is 2.22. The largest absolute Gasteiger partial charge is 0.497 e. The Labute approximate surface area is 136 Å². The summed E-state index contributed by atoms with van der Waals surface area (Å²) in [5.41, 5.74) is 1.93. The molecule has 2 rings (SSSR count). The van der Waals surface area contributed by atoms with E-state index in [-0.39, 0.29) is 12.5 Å². The van der Waals surface area contributed by atoms with E-state index in [1.165, 1.54) is 0 Å². The fourth-order valence-corrected chi connectivity index (χ4v) is 2.20. The van der Waals surface area contributed by atoms with Gasteiger partial charge in [-0.2, -0.15) is 0 Å². The lowest BCUT2D eigenvalue weighted by molar-refractivity contribution is -0.119. The van der Waals surface area contributed by atoms with E-state index in [0.29, 0.717) is 6.54 Å². The van der Waals surface area contributed by atoms with Gasteiger partial charge in [0.1, 0.15) is 11.5 Å². The molecule has 0 heterocycles. The number of hydrogen-bond donors (Lipinski definition) is 2. The molecule has 2 aromatic carbocycles. The quantitative estimate of drug-likeness (QED) is 0.786. The van der Waals surface area contributed by atoms with Crippen LogP contribution in [0.25, 0.3) is 0 Å². The molecule has 0 saturated heterocycles. The lowest BCUT2D eigenvalue weighted by atomic mass is 10.1.